The summed E-state index contributed by atoms with van der Waals surface area (Å²) in [5.41, 5.74) is 4.15. The number of fused-ring (bicyclic) bond motifs is 1. The van der Waals surface area contributed by atoms with Gasteiger partial charge in [-0.05, 0) is 36.6 Å². The molecule has 1 aromatic carbocycles. The maximum absolute atomic E-state index is 12.3. The molecular weight excluding hydrogens is 338 g/mol. The second-order valence-electron chi connectivity index (χ2n) is 7.53. The highest BCUT2D eigenvalue weighted by Gasteiger charge is 2.18. The number of carbonyl (C=O) groups is 1. The van der Waals surface area contributed by atoms with Gasteiger partial charge in [0.05, 0.1) is 24.5 Å². The van der Waals surface area contributed by atoms with E-state index in [1.165, 1.54) is 18.5 Å². The van der Waals surface area contributed by atoms with Gasteiger partial charge in [0, 0.05) is 18.8 Å². The van der Waals surface area contributed by atoms with E-state index in [1.54, 1.807) is 0 Å². The molecule has 0 aliphatic carbocycles. The first kappa shape index (κ1) is 19.4. The number of nitrogens with zero attached hydrogens (tertiary/aromatic N) is 3. The molecule has 0 bridgehead atoms. The van der Waals surface area contributed by atoms with Crippen molar-refractivity contribution in [2.24, 2.45) is 0 Å². The molecule has 0 unspecified atom stereocenters. The average Bonchev–Trinajstić information content (AvgIpc) is 3.07. The molecule has 2 N–H and O–H groups in total. The van der Waals surface area contributed by atoms with Crippen molar-refractivity contribution in [3.8, 4) is 0 Å². The molecule has 1 aliphatic heterocycles. The predicted molar refractivity (Wildman–Crippen MR) is 109 cm³/mol. The van der Waals surface area contributed by atoms with Crippen LogP contribution in [0.4, 0.5) is 10.5 Å². The number of hydrogen-bond acceptors (Lipinski definition) is 3. The van der Waals surface area contributed by atoms with Crippen LogP contribution < -0.4 is 10.6 Å². The van der Waals surface area contributed by atoms with Gasteiger partial charge in [-0.3, -0.25) is 9.58 Å². The summed E-state index contributed by atoms with van der Waals surface area (Å²) >= 11 is 0. The van der Waals surface area contributed by atoms with Crippen molar-refractivity contribution >= 4 is 11.7 Å². The van der Waals surface area contributed by atoms with Crippen molar-refractivity contribution in [3.63, 3.8) is 0 Å². The molecule has 0 saturated carbocycles. The Hall–Kier alpha value is -2.34. The quantitative estimate of drug-likeness (QED) is 0.777. The molecule has 0 spiro atoms. The third kappa shape index (κ3) is 5.10. The van der Waals surface area contributed by atoms with Crippen LogP contribution in [0.25, 0.3) is 0 Å². The number of rotatable bonds is 7. The van der Waals surface area contributed by atoms with Gasteiger partial charge in [-0.25, -0.2) is 4.79 Å². The topological polar surface area (TPSA) is 62.2 Å². The summed E-state index contributed by atoms with van der Waals surface area (Å²) in [4.78, 5) is 14.8. The third-order valence-electron chi connectivity index (χ3n) is 5.02. The van der Waals surface area contributed by atoms with E-state index in [2.05, 4.69) is 52.2 Å². The van der Waals surface area contributed by atoms with Crippen molar-refractivity contribution < 1.29 is 4.79 Å². The summed E-state index contributed by atoms with van der Waals surface area (Å²) in [6.07, 6.45) is 2.46. The molecule has 0 radical (unpaired) electrons. The fraction of sp³-hybridized carbons (Fsp3) is 0.524. The normalized spacial score (nSPS) is 14.2. The lowest BCUT2D eigenvalue weighted by Crippen LogP contribution is -2.34. The second-order valence-corrected chi connectivity index (χ2v) is 7.53. The number of anilines is 1. The van der Waals surface area contributed by atoms with Gasteiger partial charge in [0.15, 0.2) is 0 Å². The van der Waals surface area contributed by atoms with Crippen molar-refractivity contribution in [1.29, 1.82) is 0 Å². The van der Waals surface area contributed by atoms with E-state index in [-0.39, 0.29) is 6.03 Å². The summed E-state index contributed by atoms with van der Waals surface area (Å²) < 4.78 is 2.07. The first-order valence-corrected chi connectivity index (χ1v) is 9.98. The molecular formula is C21H31N5O. The molecule has 3 rings (SSSR count). The molecule has 0 fully saturated rings. The van der Waals surface area contributed by atoms with E-state index >= 15 is 0 Å². The van der Waals surface area contributed by atoms with Gasteiger partial charge in [-0.15, -0.1) is 0 Å². The molecule has 6 nitrogen and oxygen atoms in total. The molecule has 1 aromatic heterocycles. The maximum Gasteiger partial charge on any atom is 0.319 e. The number of para-hydroxylation sites is 1. The minimum atomic E-state index is -0.196. The van der Waals surface area contributed by atoms with Gasteiger partial charge in [-0.1, -0.05) is 45.4 Å². The summed E-state index contributed by atoms with van der Waals surface area (Å²) in [5, 5.41) is 10.5. The number of amides is 2. The SMILES string of the molecule is CCCCN1CCn2nc(CNC(=O)Nc3ccccc3C(C)C)cc2C1. The number of aromatic nitrogens is 2. The minimum absolute atomic E-state index is 0.196. The number of carbonyl (C=O) groups excluding carboxylic acids is 1. The first-order chi connectivity index (χ1) is 13.1. The Morgan fingerprint density at radius 1 is 1.26 bits per heavy atom. The summed E-state index contributed by atoms with van der Waals surface area (Å²) in [6.45, 7) is 11.0. The smallest absolute Gasteiger partial charge is 0.319 e. The van der Waals surface area contributed by atoms with Gasteiger partial charge >= 0.3 is 6.03 Å². The lowest BCUT2D eigenvalue weighted by atomic mass is 10.0. The summed E-state index contributed by atoms with van der Waals surface area (Å²) in [7, 11) is 0. The highest BCUT2D eigenvalue weighted by atomic mass is 16.2. The summed E-state index contributed by atoms with van der Waals surface area (Å²) in [6, 6.07) is 9.84. The van der Waals surface area contributed by atoms with Crippen LogP contribution in [0, 0.1) is 0 Å². The van der Waals surface area contributed by atoms with E-state index in [1.807, 2.05) is 24.3 Å². The molecule has 27 heavy (non-hydrogen) atoms. The van der Waals surface area contributed by atoms with Gasteiger partial charge in [0.25, 0.3) is 0 Å². The Morgan fingerprint density at radius 3 is 2.85 bits per heavy atom. The summed E-state index contributed by atoms with van der Waals surface area (Å²) in [5.74, 6) is 0.358. The molecule has 1 aliphatic rings. The zero-order valence-corrected chi connectivity index (χ0v) is 16.7. The van der Waals surface area contributed by atoms with Gasteiger partial charge in [-0.2, -0.15) is 5.10 Å². The lowest BCUT2D eigenvalue weighted by Gasteiger charge is -2.27. The Labute approximate surface area is 161 Å². The van der Waals surface area contributed by atoms with Crippen molar-refractivity contribution in [1.82, 2.24) is 20.0 Å². The zero-order chi connectivity index (χ0) is 19.2. The zero-order valence-electron chi connectivity index (χ0n) is 16.7. The number of unbranched alkanes of at least 4 members (excludes halogenated alkanes) is 1. The second kappa shape index (κ2) is 9.04. The van der Waals surface area contributed by atoms with Crippen molar-refractivity contribution in [3.05, 3.63) is 47.3 Å². The number of nitrogens with one attached hydrogen (secondary N) is 2. The van der Waals surface area contributed by atoms with E-state index in [0.717, 1.165) is 43.1 Å². The predicted octanol–water partition coefficient (Wildman–Crippen LogP) is 3.94. The Kier molecular flexibility index (Phi) is 6.50. The molecule has 2 amide bonds. The van der Waals surface area contributed by atoms with Crippen molar-refractivity contribution in [2.45, 2.75) is 59.2 Å². The Bertz CT molecular complexity index is 768. The molecule has 146 valence electrons. The fourth-order valence-electron chi connectivity index (χ4n) is 3.49. The molecule has 0 saturated heterocycles. The number of hydrogen-bond donors (Lipinski definition) is 2. The molecule has 0 atom stereocenters. The van der Waals surface area contributed by atoms with E-state index < -0.39 is 0 Å². The lowest BCUT2D eigenvalue weighted by molar-refractivity contribution is 0.210. The highest BCUT2D eigenvalue weighted by molar-refractivity contribution is 5.90. The number of benzene rings is 1. The van der Waals surface area contributed by atoms with Crippen LogP contribution >= 0.6 is 0 Å². The van der Waals surface area contributed by atoms with Crippen LogP contribution in [-0.4, -0.2) is 33.8 Å². The van der Waals surface area contributed by atoms with Crippen LogP contribution in [-0.2, 0) is 19.6 Å². The van der Waals surface area contributed by atoms with Gasteiger partial charge in [0.2, 0.25) is 0 Å². The highest BCUT2D eigenvalue weighted by Crippen LogP contribution is 2.23. The van der Waals surface area contributed by atoms with E-state index in [0.29, 0.717) is 12.5 Å². The van der Waals surface area contributed by atoms with Crippen LogP contribution in [0.2, 0.25) is 0 Å². The first-order valence-electron chi connectivity index (χ1n) is 9.98. The van der Waals surface area contributed by atoms with Crippen LogP contribution in [0.1, 0.15) is 56.5 Å². The molecule has 2 heterocycles. The van der Waals surface area contributed by atoms with E-state index in [9.17, 15) is 4.79 Å². The van der Waals surface area contributed by atoms with Crippen molar-refractivity contribution in [2.75, 3.05) is 18.4 Å². The van der Waals surface area contributed by atoms with Gasteiger partial charge < -0.3 is 10.6 Å². The Morgan fingerprint density at radius 2 is 2.07 bits per heavy atom. The van der Waals surface area contributed by atoms with Crippen LogP contribution in [0.5, 0.6) is 0 Å². The average molecular weight is 370 g/mol. The molecule has 2 aromatic rings. The maximum atomic E-state index is 12.3. The largest absolute Gasteiger partial charge is 0.332 e. The standard InChI is InChI=1S/C21H31N5O/c1-4-5-10-25-11-12-26-18(15-25)13-17(24-26)14-22-21(27)23-20-9-7-6-8-19(20)16(2)3/h6-9,13,16H,4-5,10-12,14-15H2,1-3H3,(H2,22,23,27). The van der Waals surface area contributed by atoms with Crippen LogP contribution in [0.3, 0.4) is 0 Å². The van der Waals surface area contributed by atoms with Crippen LogP contribution in [0.15, 0.2) is 30.3 Å². The van der Waals surface area contributed by atoms with E-state index in [4.69, 9.17) is 0 Å². The monoisotopic (exact) mass is 369 g/mol. The minimum Gasteiger partial charge on any atom is -0.332 e. The fourth-order valence-corrected chi connectivity index (χ4v) is 3.49. The number of urea groups is 1. The molecule has 6 heteroatoms. The third-order valence-corrected chi connectivity index (χ3v) is 5.02. The van der Waals surface area contributed by atoms with Gasteiger partial charge in [0.1, 0.15) is 0 Å². The Balaban J connectivity index is 1.54.